The van der Waals surface area contributed by atoms with E-state index in [-0.39, 0.29) is 24.4 Å². The molecule has 0 unspecified atom stereocenters. The predicted octanol–water partition coefficient (Wildman–Crippen LogP) is 4.01. The molecule has 1 saturated carbocycles. The van der Waals surface area contributed by atoms with Crippen molar-refractivity contribution in [2.75, 3.05) is 10.6 Å². The van der Waals surface area contributed by atoms with E-state index in [4.69, 9.17) is 0 Å². The van der Waals surface area contributed by atoms with Gasteiger partial charge in [-0.25, -0.2) is 9.78 Å². The molecule has 1 aliphatic rings. The zero-order chi connectivity index (χ0) is 18.5. The quantitative estimate of drug-likeness (QED) is 0.742. The minimum atomic E-state index is -0.225. The topological polar surface area (TPSA) is 83.1 Å². The molecule has 26 heavy (non-hydrogen) atoms. The number of urea groups is 1. The number of amides is 3. The molecule has 1 aromatic heterocycles. The van der Waals surface area contributed by atoms with E-state index in [2.05, 4.69) is 27.0 Å². The molecule has 0 spiro atoms. The van der Waals surface area contributed by atoms with Gasteiger partial charge >= 0.3 is 6.03 Å². The number of anilines is 2. The van der Waals surface area contributed by atoms with E-state index in [1.165, 1.54) is 24.2 Å². The summed E-state index contributed by atoms with van der Waals surface area (Å²) in [4.78, 5) is 28.5. The van der Waals surface area contributed by atoms with Crippen LogP contribution < -0.4 is 16.0 Å². The minimum absolute atomic E-state index is 0.123. The molecule has 0 aliphatic heterocycles. The Morgan fingerprint density at radius 2 is 1.81 bits per heavy atom. The smallest absolute Gasteiger partial charge is 0.321 e. The Morgan fingerprint density at radius 1 is 1.12 bits per heavy atom. The highest BCUT2D eigenvalue weighted by molar-refractivity contribution is 7.13. The first-order valence-electron chi connectivity index (χ1n) is 8.88. The van der Waals surface area contributed by atoms with E-state index in [0.717, 1.165) is 29.7 Å². The molecule has 6 nitrogen and oxygen atoms in total. The van der Waals surface area contributed by atoms with Crippen LogP contribution >= 0.6 is 11.3 Å². The second kappa shape index (κ2) is 8.31. The third-order valence-electron chi connectivity index (χ3n) is 4.31. The van der Waals surface area contributed by atoms with E-state index in [1.54, 1.807) is 5.38 Å². The van der Waals surface area contributed by atoms with E-state index >= 15 is 0 Å². The fourth-order valence-corrected chi connectivity index (χ4v) is 3.96. The Hall–Kier alpha value is -2.41. The van der Waals surface area contributed by atoms with Crippen LogP contribution in [0.4, 0.5) is 15.6 Å². The summed E-state index contributed by atoms with van der Waals surface area (Å²) >= 11 is 1.33. The second-order valence-electron chi connectivity index (χ2n) is 6.83. The van der Waals surface area contributed by atoms with E-state index in [0.29, 0.717) is 10.8 Å². The Labute approximate surface area is 157 Å². The number of aryl methyl sites for hydroxylation is 2. The molecule has 0 bridgehead atoms. The number of aromatic nitrogens is 1. The molecule has 1 aromatic carbocycles. The molecule has 2 aromatic rings. The molecule has 3 rings (SSSR count). The van der Waals surface area contributed by atoms with Crippen molar-refractivity contribution in [3.8, 4) is 0 Å². The summed E-state index contributed by atoms with van der Waals surface area (Å²) in [5, 5.41) is 10.9. The fourth-order valence-electron chi connectivity index (χ4n) is 3.25. The van der Waals surface area contributed by atoms with Gasteiger partial charge in [0.1, 0.15) is 0 Å². The van der Waals surface area contributed by atoms with Crippen LogP contribution in [0, 0.1) is 13.8 Å². The predicted molar refractivity (Wildman–Crippen MR) is 105 cm³/mol. The van der Waals surface area contributed by atoms with Gasteiger partial charge in [-0.15, -0.1) is 11.3 Å². The molecule has 3 amide bonds. The van der Waals surface area contributed by atoms with Gasteiger partial charge in [0.25, 0.3) is 0 Å². The van der Waals surface area contributed by atoms with Crippen molar-refractivity contribution in [2.24, 2.45) is 0 Å². The summed E-state index contributed by atoms with van der Waals surface area (Å²) in [7, 11) is 0. The zero-order valence-corrected chi connectivity index (χ0v) is 15.9. The highest BCUT2D eigenvalue weighted by Crippen LogP contribution is 2.19. The van der Waals surface area contributed by atoms with Gasteiger partial charge in [0.15, 0.2) is 5.13 Å². The fraction of sp³-hybridized carbons (Fsp3) is 0.421. The standard InChI is InChI=1S/C19H24N4O2S/c1-12-7-13(2)9-15(8-12)20-17(24)10-16-11-26-19(22-16)23-18(25)21-14-5-3-4-6-14/h7-9,11,14H,3-6,10H2,1-2H3,(H,20,24)(H2,21,22,23,25). The number of nitrogens with one attached hydrogen (secondary N) is 3. The number of hydrogen-bond donors (Lipinski definition) is 3. The molecule has 0 atom stereocenters. The largest absolute Gasteiger partial charge is 0.335 e. The maximum Gasteiger partial charge on any atom is 0.321 e. The molecule has 7 heteroatoms. The van der Waals surface area contributed by atoms with Crippen LogP contribution in [0.3, 0.4) is 0 Å². The number of nitrogens with zero attached hydrogens (tertiary/aromatic N) is 1. The molecule has 1 fully saturated rings. The number of carbonyl (C=O) groups is 2. The van der Waals surface area contributed by atoms with Crippen LogP contribution in [0.15, 0.2) is 23.6 Å². The molecule has 1 heterocycles. The lowest BCUT2D eigenvalue weighted by Crippen LogP contribution is -2.36. The van der Waals surface area contributed by atoms with Gasteiger partial charge in [-0.1, -0.05) is 18.9 Å². The average Bonchev–Trinajstić information content (AvgIpc) is 3.18. The van der Waals surface area contributed by atoms with E-state index in [9.17, 15) is 9.59 Å². The monoisotopic (exact) mass is 372 g/mol. The number of benzene rings is 1. The number of thiazole rings is 1. The first kappa shape index (κ1) is 18.4. The summed E-state index contributed by atoms with van der Waals surface area (Å²) in [5.74, 6) is -0.123. The Morgan fingerprint density at radius 3 is 2.50 bits per heavy atom. The summed E-state index contributed by atoms with van der Waals surface area (Å²) in [6, 6.07) is 5.97. The molecular formula is C19H24N4O2S. The van der Waals surface area contributed by atoms with Crippen LogP contribution in [0.1, 0.15) is 42.5 Å². The van der Waals surface area contributed by atoms with Crippen LogP contribution in [-0.4, -0.2) is 23.0 Å². The van der Waals surface area contributed by atoms with Gasteiger partial charge in [-0.2, -0.15) is 0 Å². The van der Waals surface area contributed by atoms with Crippen molar-refractivity contribution in [3.05, 3.63) is 40.4 Å². The van der Waals surface area contributed by atoms with Gasteiger partial charge in [0.05, 0.1) is 12.1 Å². The highest BCUT2D eigenvalue weighted by Gasteiger charge is 2.17. The van der Waals surface area contributed by atoms with Crippen molar-refractivity contribution >= 4 is 34.1 Å². The SMILES string of the molecule is Cc1cc(C)cc(NC(=O)Cc2csc(NC(=O)NC3CCCC3)n2)c1. The Kier molecular flexibility index (Phi) is 5.88. The maximum atomic E-state index is 12.2. The lowest BCUT2D eigenvalue weighted by Gasteiger charge is -2.11. The number of hydrogen-bond acceptors (Lipinski definition) is 4. The maximum absolute atomic E-state index is 12.2. The highest BCUT2D eigenvalue weighted by atomic mass is 32.1. The van der Waals surface area contributed by atoms with Gasteiger partial charge < -0.3 is 10.6 Å². The molecule has 0 saturated heterocycles. The zero-order valence-electron chi connectivity index (χ0n) is 15.1. The summed E-state index contributed by atoms with van der Waals surface area (Å²) in [6.07, 6.45) is 4.59. The van der Waals surface area contributed by atoms with Crippen molar-refractivity contribution in [3.63, 3.8) is 0 Å². The third-order valence-corrected chi connectivity index (χ3v) is 5.12. The second-order valence-corrected chi connectivity index (χ2v) is 7.68. The number of rotatable bonds is 5. The van der Waals surface area contributed by atoms with Gasteiger partial charge in [0.2, 0.25) is 5.91 Å². The molecule has 1 aliphatic carbocycles. The van der Waals surface area contributed by atoms with Crippen molar-refractivity contribution in [1.29, 1.82) is 0 Å². The Balaban J connectivity index is 1.50. The van der Waals surface area contributed by atoms with Gasteiger partial charge in [-0.05, 0) is 49.9 Å². The molecule has 138 valence electrons. The van der Waals surface area contributed by atoms with Crippen LogP contribution in [0.2, 0.25) is 0 Å². The lowest BCUT2D eigenvalue weighted by molar-refractivity contribution is -0.115. The lowest BCUT2D eigenvalue weighted by atomic mass is 10.1. The normalized spacial score (nSPS) is 14.2. The molecule has 3 N–H and O–H groups in total. The average molecular weight is 372 g/mol. The summed E-state index contributed by atoms with van der Waals surface area (Å²) < 4.78 is 0. The summed E-state index contributed by atoms with van der Waals surface area (Å²) in [5.41, 5.74) is 3.65. The first-order valence-corrected chi connectivity index (χ1v) is 9.76. The minimum Gasteiger partial charge on any atom is -0.335 e. The van der Waals surface area contributed by atoms with Gasteiger partial charge in [-0.3, -0.25) is 10.1 Å². The third kappa shape index (κ3) is 5.29. The van der Waals surface area contributed by atoms with Crippen molar-refractivity contribution < 1.29 is 9.59 Å². The van der Waals surface area contributed by atoms with E-state index in [1.807, 2.05) is 26.0 Å². The van der Waals surface area contributed by atoms with Crippen molar-refractivity contribution in [1.82, 2.24) is 10.3 Å². The number of carbonyl (C=O) groups excluding carboxylic acids is 2. The van der Waals surface area contributed by atoms with Crippen LogP contribution in [0.25, 0.3) is 0 Å². The van der Waals surface area contributed by atoms with Gasteiger partial charge in [0, 0.05) is 17.1 Å². The molecular weight excluding hydrogens is 348 g/mol. The van der Waals surface area contributed by atoms with Crippen molar-refractivity contribution in [2.45, 2.75) is 52.0 Å². The first-order chi connectivity index (χ1) is 12.5. The van der Waals surface area contributed by atoms with E-state index < -0.39 is 0 Å². The Bertz CT molecular complexity index is 776. The van der Waals surface area contributed by atoms with Crippen LogP contribution in [-0.2, 0) is 11.2 Å². The summed E-state index contributed by atoms with van der Waals surface area (Å²) in [6.45, 7) is 4.00. The van der Waals surface area contributed by atoms with Crippen LogP contribution in [0.5, 0.6) is 0 Å². The molecule has 0 radical (unpaired) electrons.